The third-order valence-corrected chi connectivity index (χ3v) is 3.63. The first-order chi connectivity index (χ1) is 7.99. The standard InChI is InChI=1S/C12H22N2O3/c1-9(11(16)17)14-10(15)7-12(8-13)5-3-2-4-6-12/h9H,2-8,13H2,1H3,(H,14,15)(H,16,17)/t9-/m0/s1. The summed E-state index contributed by atoms with van der Waals surface area (Å²) >= 11 is 0. The highest BCUT2D eigenvalue weighted by Crippen LogP contribution is 2.38. The maximum absolute atomic E-state index is 11.8. The fourth-order valence-electron chi connectivity index (χ4n) is 2.45. The number of carbonyl (C=O) groups is 2. The number of rotatable bonds is 5. The minimum Gasteiger partial charge on any atom is -0.480 e. The van der Waals surface area contributed by atoms with Gasteiger partial charge in [-0.3, -0.25) is 9.59 Å². The van der Waals surface area contributed by atoms with E-state index in [0.717, 1.165) is 25.7 Å². The smallest absolute Gasteiger partial charge is 0.325 e. The molecule has 0 aromatic rings. The van der Waals surface area contributed by atoms with Crippen molar-refractivity contribution in [2.45, 2.75) is 51.5 Å². The molecular weight excluding hydrogens is 220 g/mol. The molecule has 0 spiro atoms. The van der Waals surface area contributed by atoms with Crippen molar-refractivity contribution in [3.8, 4) is 0 Å². The number of carbonyl (C=O) groups excluding carboxylic acids is 1. The Morgan fingerprint density at radius 1 is 1.35 bits per heavy atom. The van der Waals surface area contributed by atoms with Crippen LogP contribution < -0.4 is 11.1 Å². The molecule has 5 heteroatoms. The highest BCUT2D eigenvalue weighted by Gasteiger charge is 2.33. The van der Waals surface area contributed by atoms with Crippen LogP contribution in [0.4, 0.5) is 0 Å². The lowest BCUT2D eigenvalue weighted by atomic mass is 9.71. The van der Waals surface area contributed by atoms with Gasteiger partial charge in [-0.25, -0.2) is 0 Å². The fraction of sp³-hybridized carbons (Fsp3) is 0.833. The zero-order chi connectivity index (χ0) is 12.9. The summed E-state index contributed by atoms with van der Waals surface area (Å²) in [6.45, 7) is 1.97. The normalized spacial score (nSPS) is 20.6. The molecule has 17 heavy (non-hydrogen) atoms. The van der Waals surface area contributed by atoms with Crippen molar-refractivity contribution in [3.05, 3.63) is 0 Å². The summed E-state index contributed by atoms with van der Waals surface area (Å²) in [5.74, 6) is -1.21. The molecule has 0 saturated heterocycles. The lowest BCUT2D eigenvalue weighted by Gasteiger charge is -2.35. The lowest BCUT2D eigenvalue weighted by molar-refractivity contribution is -0.141. The van der Waals surface area contributed by atoms with Crippen molar-refractivity contribution >= 4 is 11.9 Å². The van der Waals surface area contributed by atoms with Crippen molar-refractivity contribution in [2.24, 2.45) is 11.1 Å². The van der Waals surface area contributed by atoms with Crippen LogP contribution in [-0.4, -0.2) is 29.6 Å². The van der Waals surface area contributed by atoms with Gasteiger partial charge in [-0.15, -0.1) is 0 Å². The van der Waals surface area contributed by atoms with E-state index in [1.807, 2.05) is 0 Å². The average Bonchev–Trinajstić information content (AvgIpc) is 2.29. The van der Waals surface area contributed by atoms with Crippen LogP contribution in [-0.2, 0) is 9.59 Å². The van der Waals surface area contributed by atoms with Gasteiger partial charge in [-0.1, -0.05) is 19.3 Å². The molecule has 0 bridgehead atoms. The molecule has 0 aromatic carbocycles. The van der Waals surface area contributed by atoms with E-state index < -0.39 is 12.0 Å². The largest absolute Gasteiger partial charge is 0.480 e. The molecule has 0 heterocycles. The lowest BCUT2D eigenvalue weighted by Crippen LogP contribution is -2.43. The molecule has 0 aliphatic heterocycles. The van der Waals surface area contributed by atoms with E-state index in [2.05, 4.69) is 5.32 Å². The van der Waals surface area contributed by atoms with Crippen LogP contribution in [0.25, 0.3) is 0 Å². The van der Waals surface area contributed by atoms with Crippen molar-refractivity contribution in [1.29, 1.82) is 0 Å². The Balaban J connectivity index is 2.50. The fourth-order valence-corrected chi connectivity index (χ4v) is 2.45. The number of nitrogens with one attached hydrogen (secondary N) is 1. The van der Waals surface area contributed by atoms with E-state index in [4.69, 9.17) is 10.8 Å². The predicted octanol–water partition coefficient (Wildman–Crippen LogP) is 0.875. The van der Waals surface area contributed by atoms with Crippen LogP contribution in [0, 0.1) is 5.41 Å². The molecule has 1 amide bonds. The van der Waals surface area contributed by atoms with Crippen molar-refractivity contribution in [1.82, 2.24) is 5.32 Å². The first-order valence-electron chi connectivity index (χ1n) is 6.21. The zero-order valence-electron chi connectivity index (χ0n) is 10.4. The molecule has 1 rings (SSSR count). The average molecular weight is 242 g/mol. The number of aliphatic carboxylic acids is 1. The van der Waals surface area contributed by atoms with E-state index >= 15 is 0 Å². The van der Waals surface area contributed by atoms with Gasteiger partial charge >= 0.3 is 5.97 Å². The summed E-state index contributed by atoms with van der Waals surface area (Å²) in [6, 6.07) is -0.832. The van der Waals surface area contributed by atoms with Crippen LogP contribution in [0.1, 0.15) is 45.4 Å². The summed E-state index contributed by atoms with van der Waals surface area (Å²) in [5, 5.41) is 11.2. The van der Waals surface area contributed by atoms with Crippen LogP contribution in [0.5, 0.6) is 0 Å². The highest BCUT2D eigenvalue weighted by atomic mass is 16.4. The van der Waals surface area contributed by atoms with Gasteiger partial charge < -0.3 is 16.2 Å². The molecule has 0 aromatic heterocycles. The SMILES string of the molecule is C[C@H](NC(=O)CC1(CN)CCCCC1)C(=O)O. The summed E-state index contributed by atoms with van der Waals surface area (Å²) < 4.78 is 0. The molecule has 1 atom stereocenters. The second kappa shape index (κ2) is 6.00. The third kappa shape index (κ3) is 4.00. The van der Waals surface area contributed by atoms with E-state index in [0.29, 0.717) is 13.0 Å². The van der Waals surface area contributed by atoms with Gasteiger partial charge in [0.1, 0.15) is 6.04 Å². The molecule has 0 radical (unpaired) electrons. The maximum atomic E-state index is 11.8. The molecule has 1 saturated carbocycles. The van der Waals surface area contributed by atoms with E-state index in [9.17, 15) is 9.59 Å². The van der Waals surface area contributed by atoms with Gasteiger partial charge in [0.05, 0.1) is 0 Å². The molecule has 98 valence electrons. The molecule has 0 unspecified atom stereocenters. The van der Waals surface area contributed by atoms with Gasteiger partial charge in [0.25, 0.3) is 0 Å². The molecule has 1 aliphatic rings. The van der Waals surface area contributed by atoms with Crippen LogP contribution in [0.2, 0.25) is 0 Å². The number of nitrogens with two attached hydrogens (primary N) is 1. The first kappa shape index (κ1) is 14.0. The zero-order valence-corrected chi connectivity index (χ0v) is 10.4. The number of hydrogen-bond acceptors (Lipinski definition) is 3. The minimum absolute atomic E-state index is 0.111. The van der Waals surface area contributed by atoms with Gasteiger partial charge in [-0.2, -0.15) is 0 Å². The molecule has 1 aliphatic carbocycles. The monoisotopic (exact) mass is 242 g/mol. The Kier molecular flexibility index (Phi) is 4.93. The second-order valence-electron chi connectivity index (χ2n) is 5.07. The Hall–Kier alpha value is -1.10. The van der Waals surface area contributed by atoms with E-state index in [1.165, 1.54) is 13.3 Å². The van der Waals surface area contributed by atoms with Crippen molar-refractivity contribution < 1.29 is 14.7 Å². The quantitative estimate of drug-likeness (QED) is 0.667. The van der Waals surface area contributed by atoms with Crippen LogP contribution in [0.15, 0.2) is 0 Å². The Morgan fingerprint density at radius 2 is 1.94 bits per heavy atom. The van der Waals surface area contributed by atoms with E-state index in [1.54, 1.807) is 0 Å². The van der Waals surface area contributed by atoms with Crippen molar-refractivity contribution in [2.75, 3.05) is 6.54 Å². The van der Waals surface area contributed by atoms with Crippen LogP contribution in [0.3, 0.4) is 0 Å². The minimum atomic E-state index is -1.01. The van der Waals surface area contributed by atoms with Gasteiger partial charge in [0.15, 0.2) is 0 Å². The van der Waals surface area contributed by atoms with Gasteiger partial charge in [0, 0.05) is 6.42 Å². The molecule has 1 fully saturated rings. The summed E-state index contributed by atoms with van der Waals surface area (Å²) in [7, 11) is 0. The van der Waals surface area contributed by atoms with Gasteiger partial charge in [-0.05, 0) is 31.7 Å². The summed E-state index contributed by atoms with van der Waals surface area (Å²) in [6.07, 6.45) is 5.71. The summed E-state index contributed by atoms with van der Waals surface area (Å²) in [5.41, 5.74) is 5.67. The van der Waals surface area contributed by atoms with E-state index in [-0.39, 0.29) is 11.3 Å². The number of hydrogen-bond donors (Lipinski definition) is 3. The Labute approximate surface area is 102 Å². The number of carboxylic acid groups (broad SMARTS) is 1. The number of amides is 1. The highest BCUT2D eigenvalue weighted by molar-refractivity contribution is 5.83. The first-order valence-corrected chi connectivity index (χ1v) is 6.21. The topological polar surface area (TPSA) is 92.4 Å². The predicted molar refractivity (Wildman–Crippen MR) is 64.4 cm³/mol. The Morgan fingerprint density at radius 3 is 2.41 bits per heavy atom. The van der Waals surface area contributed by atoms with Crippen LogP contribution >= 0.6 is 0 Å². The third-order valence-electron chi connectivity index (χ3n) is 3.63. The van der Waals surface area contributed by atoms with Crippen molar-refractivity contribution in [3.63, 3.8) is 0 Å². The Bertz CT molecular complexity index is 285. The maximum Gasteiger partial charge on any atom is 0.325 e. The molecule has 5 nitrogen and oxygen atoms in total. The number of carboxylic acids is 1. The summed E-state index contributed by atoms with van der Waals surface area (Å²) in [4.78, 5) is 22.4. The molecule has 4 N–H and O–H groups in total. The molecular formula is C12H22N2O3. The second-order valence-corrected chi connectivity index (χ2v) is 5.07. The van der Waals surface area contributed by atoms with Gasteiger partial charge in [0.2, 0.25) is 5.91 Å².